The number of carbonyl (C=O) groups excluding carboxylic acids is 1. The fourth-order valence-corrected chi connectivity index (χ4v) is 4.38. The van der Waals surface area contributed by atoms with Gasteiger partial charge in [0.05, 0.1) is 11.4 Å². The van der Waals surface area contributed by atoms with E-state index in [1.807, 2.05) is 24.3 Å². The standard InChI is InChI=1S/C26H31N5O3/c1-18-29-31(22-15-11-20(12-16-22)25(27)28)26(33)30(18)21-13-8-19(9-14-21)10-17-24(32)34-23-6-4-2-3-5-7-23/h8-9,11-16,23H,2-7,10,17H2,1H3,(H3,27,28). The average Bonchev–Trinajstić information content (AvgIpc) is 2.98. The zero-order valence-corrected chi connectivity index (χ0v) is 19.5. The zero-order valence-electron chi connectivity index (χ0n) is 19.5. The second-order valence-corrected chi connectivity index (χ2v) is 8.81. The minimum Gasteiger partial charge on any atom is -0.462 e. The Balaban J connectivity index is 1.42. The van der Waals surface area contributed by atoms with Crippen molar-refractivity contribution in [1.29, 1.82) is 5.41 Å². The van der Waals surface area contributed by atoms with E-state index in [1.54, 1.807) is 35.8 Å². The molecule has 3 aromatic rings. The van der Waals surface area contributed by atoms with Crippen molar-refractivity contribution in [2.45, 2.75) is 64.4 Å². The third kappa shape index (κ3) is 5.44. The summed E-state index contributed by atoms with van der Waals surface area (Å²) in [5.74, 6) is 0.388. The van der Waals surface area contributed by atoms with Crippen LogP contribution in [0.15, 0.2) is 53.3 Å². The fourth-order valence-electron chi connectivity index (χ4n) is 4.38. The van der Waals surface area contributed by atoms with Crippen LogP contribution in [-0.4, -0.2) is 32.3 Å². The van der Waals surface area contributed by atoms with Crippen LogP contribution < -0.4 is 11.4 Å². The van der Waals surface area contributed by atoms with Gasteiger partial charge in [-0.2, -0.15) is 4.68 Å². The number of hydrogen-bond acceptors (Lipinski definition) is 5. The summed E-state index contributed by atoms with van der Waals surface area (Å²) in [5.41, 5.74) is 8.12. The first-order valence-corrected chi connectivity index (χ1v) is 11.8. The van der Waals surface area contributed by atoms with E-state index < -0.39 is 0 Å². The highest BCUT2D eigenvalue weighted by atomic mass is 16.5. The van der Waals surface area contributed by atoms with Crippen LogP contribution in [0.5, 0.6) is 0 Å². The Bertz CT molecular complexity index is 1200. The number of aromatic nitrogens is 3. The van der Waals surface area contributed by atoms with Gasteiger partial charge in [-0.15, -0.1) is 5.10 Å². The Morgan fingerprint density at radius 1 is 1.03 bits per heavy atom. The Labute approximate surface area is 198 Å². The molecule has 1 saturated carbocycles. The summed E-state index contributed by atoms with van der Waals surface area (Å²) in [5, 5.41) is 11.9. The third-order valence-corrected chi connectivity index (χ3v) is 6.28. The molecule has 1 aliphatic rings. The lowest BCUT2D eigenvalue weighted by Crippen LogP contribution is -2.23. The van der Waals surface area contributed by atoms with E-state index in [0.717, 1.165) is 31.2 Å². The van der Waals surface area contributed by atoms with Crippen molar-refractivity contribution in [2.24, 2.45) is 5.73 Å². The van der Waals surface area contributed by atoms with Crippen molar-refractivity contribution in [3.63, 3.8) is 0 Å². The molecule has 0 saturated heterocycles. The van der Waals surface area contributed by atoms with Gasteiger partial charge in [-0.1, -0.05) is 25.0 Å². The van der Waals surface area contributed by atoms with Crippen molar-refractivity contribution in [2.75, 3.05) is 0 Å². The number of carbonyl (C=O) groups is 1. The first kappa shape index (κ1) is 23.5. The van der Waals surface area contributed by atoms with Gasteiger partial charge in [0.2, 0.25) is 0 Å². The lowest BCUT2D eigenvalue weighted by molar-refractivity contribution is -0.149. The molecule has 8 nitrogen and oxygen atoms in total. The normalized spacial score (nSPS) is 14.5. The highest BCUT2D eigenvalue weighted by Gasteiger charge is 2.17. The molecule has 0 unspecified atom stereocenters. The van der Waals surface area contributed by atoms with E-state index in [1.165, 1.54) is 17.5 Å². The number of amidine groups is 1. The molecule has 0 aliphatic heterocycles. The molecule has 0 amide bonds. The summed E-state index contributed by atoms with van der Waals surface area (Å²) in [4.78, 5) is 25.3. The maximum Gasteiger partial charge on any atom is 0.355 e. The van der Waals surface area contributed by atoms with Gasteiger partial charge in [-0.3, -0.25) is 10.2 Å². The largest absolute Gasteiger partial charge is 0.462 e. The molecule has 0 bridgehead atoms. The van der Waals surface area contributed by atoms with Crippen LogP contribution in [0.1, 0.15) is 61.9 Å². The van der Waals surface area contributed by atoms with E-state index in [4.69, 9.17) is 15.9 Å². The molecule has 1 aliphatic carbocycles. The highest BCUT2D eigenvalue weighted by molar-refractivity contribution is 5.95. The number of nitrogen functional groups attached to an aromatic ring is 1. The van der Waals surface area contributed by atoms with Crippen molar-refractivity contribution < 1.29 is 9.53 Å². The number of nitrogens with one attached hydrogen (secondary N) is 1. The summed E-state index contributed by atoms with van der Waals surface area (Å²) < 4.78 is 8.54. The SMILES string of the molecule is Cc1nn(-c2ccc(C(=N)N)cc2)c(=O)n1-c1ccc(CCC(=O)OC2CCCCCC2)cc1. The van der Waals surface area contributed by atoms with Crippen LogP contribution >= 0.6 is 0 Å². The summed E-state index contributed by atoms with van der Waals surface area (Å²) in [6.07, 6.45) is 7.71. The molecular formula is C26H31N5O3. The number of ether oxygens (including phenoxy) is 1. The second kappa shape index (κ2) is 10.5. The van der Waals surface area contributed by atoms with Gasteiger partial charge in [0.15, 0.2) is 0 Å². The predicted octanol–water partition coefficient (Wildman–Crippen LogP) is 3.81. The monoisotopic (exact) mass is 461 g/mol. The summed E-state index contributed by atoms with van der Waals surface area (Å²) in [7, 11) is 0. The number of nitrogens with two attached hydrogens (primary N) is 1. The van der Waals surface area contributed by atoms with Crippen molar-refractivity contribution in [3.05, 3.63) is 76.0 Å². The van der Waals surface area contributed by atoms with E-state index in [-0.39, 0.29) is 23.6 Å². The molecule has 3 N–H and O–H groups in total. The molecule has 1 fully saturated rings. The van der Waals surface area contributed by atoms with E-state index in [0.29, 0.717) is 35.6 Å². The topological polar surface area (TPSA) is 116 Å². The van der Waals surface area contributed by atoms with Gasteiger partial charge in [-0.05, 0) is 81.0 Å². The van der Waals surface area contributed by atoms with Crippen molar-refractivity contribution >= 4 is 11.8 Å². The molecule has 4 rings (SSSR count). The number of rotatable bonds is 7. The van der Waals surface area contributed by atoms with Gasteiger partial charge in [-0.25, -0.2) is 9.36 Å². The van der Waals surface area contributed by atoms with Gasteiger partial charge in [0.1, 0.15) is 17.8 Å². The van der Waals surface area contributed by atoms with E-state index >= 15 is 0 Å². The lowest BCUT2D eigenvalue weighted by Gasteiger charge is -2.15. The minimum absolute atomic E-state index is 0.0293. The first-order valence-electron chi connectivity index (χ1n) is 11.8. The number of aryl methyl sites for hydroxylation is 2. The maximum absolute atomic E-state index is 13.1. The Kier molecular flexibility index (Phi) is 7.25. The summed E-state index contributed by atoms with van der Waals surface area (Å²) in [6.45, 7) is 1.78. The van der Waals surface area contributed by atoms with Gasteiger partial charge in [0.25, 0.3) is 0 Å². The van der Waals surface area contributed by atoms with E-state index in [2.05, 4.69) is 5.10 Å². The second-order valence-electron chi connectivity index (χ2n) is 8.81. The lowest BCUT2D eigenvalue weighted by atomic mass is 10.1. The Hall–Kier alpha value is -3.68. The van der Waals surface area contributed by atoms with Gasteiger partial charge in [0, 0.05) is 12.0 Å². The number of hydrogen-bond donors (Lipinski definition) is 2. The predicted molar refractivity (Wildman–Crippen MR) is 131 cm³/mol. The fraction of sp³-hybridized carbons (Fsp3) is 0.385. The molecule has 34 heavy (non-hydrogen) atoms. The van der Waals surface area contributed by atoms with Crippen molar-refractivity contribution in [1.82, 2.24) is 14.3 Å². The van der Waals surface area contributed by atoms with Crippen LogP contribution in [0.2, 0.25) is 0 Å². The number of benzene rings is 2. The molecule has 1 aromatic heterocycles. The molecule has 0 radical (unpaired) electrons. The molecule has 8 heteroatoms. The van der Waals surface area contributed by atoms with E-state index in [9.17, 15) is 9.59 Å². The average molecular weight is 462 g/mol. The molecule has 0 atom stereocenters. The zero-order chi connectivity index (χ0) is 24.1. The van der Waals surface area contributed by atoms with Crippen LogP contribution in [0.4, 0.5) is 0 Å². The quantitative estimate of drug-likeness (QED) is 0.240. The number of nitrogens with zero attached hydrogens (tertiary/aromatic N) is 3. The summed E-state index contributed by atoms with van der Waals surface area (Å²) in [6, 6.07) is 14.4. The van der Waals surface area contributed by atoms with Gasteiger partial charge >= 0.3 is 11.7 Å². The molecule has 2 aromatic carbocycles. The summed E-state index contributed by atoms with van der Waals surface area (Å²) >= 11 is 0. The van der Waals surface area contributed by atoms with Crippen LogP contribution in [0.3, 0.4) is 0 Å². The molecular weight excluding hydrogens is 430 g/mol. The minimum atomic E-state index is -0.284. The van der Waals surface area contributed by atoms with Gasteiger partial charge < -0.3 is 10.5 Å². The molecule has 0 spiro atoms. The maximum atomic E-state index is 13.1. The molecule has 178 valence electrons. The van der Waals surface area contributed by atoms with Crippen LogP contribution in [-0.2, 0) is 16.0 Å². The number of esters is 1. The smallest absolute Gasteiger partial charge is 0.355 e. The van der Waals surface area contributed by atoms with Crippen LogP contribution in [0, 0.1) is 12.3 Å². The first-order chi connectivity index (χ1) is 16.4. The highest BCUT2D eigenvalue weighted by Crippen LogP contribution is 2.20. The Morgan fingerprint density at radius 2 is 1.65 bits per heavy atom. The Morgan fingerprint density at radius 3 is 2.26 bits per heavy atom. The third-order valence-electron chi connectivity index (χ3n) is 6.28. The van der Waals surface area contributed by atoms with Crippen molar-refractivity contribution in [3.8, 4) is 11.4 Å². The molecule has 1 heterocycles. The van der Waals surface area contributed by atoms with Crippen LogP contribution in [0.25, 0.3) is 11.4 Å².